The second-order valence-corrected chi connectivity index (χ2v) is 7.70. The van der Waals surface area contributed by atoms with Gasteiger partial charge in [0.15, 0.2) is 0 Å². The van der Waals surface area contributed by atoms with Crippen LogP contribution in [0.3, 0.4) is 0 Å². The van der Waals surface area contributed by atoms with Crippen LogP contribution in [0.5, 0.6) is 0 Å². The lowest BCUT2D eigenvalue weighted by atomic mass is 9.97. The lowest BCUT2D eigenvalue weighted by Gasteiger charge is -2.32. The standard InChI is InChI=1S/C23H28N4O/c28-23(22-10-3-8-20-7-1-2-9-21(20)22)25-16-19-6-4-12-26(17-19)13-5-14-27-15-11-24-18-27/h1-3,7-11,15,18-19H,4-6,12-14,16-17H2,(H,25,28)/t19-/m1/s1. The molecule has 5 nitrogen and oxygen atoms in total. The average molecular weight is 377 g/mol. The Kier molecular flexibility index (Phi) is 6.02. The number of aryl methyl sites for hydroxylation is 1. The van der Waals surface area contributed by atoms with Crippen molar-refractivity contribution in [3.05, 3.63) is 66.7 Å². The number of aromatic nitrogens is 2. The second kappa shape index (κ2) is 9.02. The Morgan fingerprint density at radius 1 is 1.14 bits per heavy atom. The molecule has 0 unspecified atom stereocenters. The molecule has 0 saturated carbocycles. The van der Waals surface area contributed by atoms with E-state index in [0.717, 1.165) is 55.5 Å². The van der Waals surface area contributed by atoms with E-state index in [-0.39, 0.29) is 5.91 Å². The Bertz CT molecular complexity index is 901. The summed E-state index contributed by atoms with van der Waals surface area (Å²) < 4.78 is 2.13. The van der Waals surface area contributed by atoms with Gasteiger partial charge in [-0.15, -0.1) is 0 Å². The van der Waals surface area contributed by atoms with Crippen molar-refractivity contribution in [2.75, 3.05) is 26.2 Å². The Morgan fingerprint density at radius 3 is 2.93 bits per heavy atom. The van der Waals surface area contributed by atoms with Crippen molar-refractivity contribution < 1.29 is 4.79 Å². The third-order valence-corrected chi connectivity index (χ3v) is 5.64. The minimum absolute atomic E-state index is 0.0361. The van der Waals surface area contributed by atoms with Gasteiger partial charge in [0.1, 0.15) is 0 Å². The number of fused-ring (bicyclic) bond motifs is 1. The van der Waals surface area contributed by atoms with Crippen LogP contribution in [0.4, 0.5) is 0 Å². The third kappa shape index (κ3) is 4.60. The van der Waals surface area contributed by atoms with E-state index >= 15 is 0 Å². The topological polar surface area (TPSA) is 50.2 Å². The molecule has 4 rings (SSSR count). The molecule has 1 amide bonds. The number of carbonyl (C=O) groups excluding carboxylic acids is 1. The normalized spacial score (nSPS) is 17.6. The molecule has 1 aromatic heterocycles. The molecule has 1 N–H and O–H groups in total. The average Bonchev–Trinajstić information content (AvgIpc) is 3.25. The van der Waals surface area contributed by atoms with Crippen molar-refractivity contribution in [1.29, 1.82) is 0 Å². The van der Waals surface area contributed by atoms with Gasteiger partial charge in [-0.2, -0.15) is 0 Å². The summed E-state index contributed by atoms with van der Waals surface area (Å²) in [6.07, 6.45) is 9.25. The zero-order valence-corrected chi connectivity index (χ0v) is 16.3. The fourth-order valence-corrected chi connectivity index (χ4v) is 4.17. The van der Waals surface area contributed by atoms with Crippen LogP contribution in [0.25, 0.3) is 10.8 Å². The largest absolute Gasteiger partial charge is 0.352 e. The summed E-state index contributed by atoms with van der Waals surface area (Å²) in [5.41, 5.74) is 0.770. The minimum Gasteiger partial charge on any atom is -0.352 e. The van der Waals surface area contributed by atoms with E-state index < -0.39 is 0 Å². The van der Waals surface area contributed by atoms with Crippen molar-refractivity contribution in [3.8, 4) is 0 Å². The zero-order chi connectivity index (χ0) is 19.2. The van der Waals surface area contributed by atoms with Gasteiger partial charge in [0.25, 0.3) is 5.91 Å². The minimum atomic E-state index is 0.0361. The summed E-state index contributed by atoms with van der Waals surface area (Å²) >= 11 is 0. The maximum atomic E-state index is 12.8. The number of piperidine rings is 1. The summed E-state index contributed by atoms with van der Waals surface area (Å²) in [5, 5.41) is 5.31. The van der Waals surface area contributed by atoms with E-state index in [0.29, 0.717) is 5.92 Å². The number of amides is 1. The Morgan fingerprint density at radius 2 is 2.04 bits per heavy atom. The Balaban J connectivity index is 1.27. The first-order valence-corrected chi connectivity index (χ1v) is 10.2. The number of carbonyl (C=O) groups is 1. The van der Waals surface area contributed by atoms with Crippen LogP contribution in [0.2, 0.25) is 0 Å². The van der Waals surface area contributed by atoms with Gasteiger partial charge in [-0.1, -0.05) is 36.4 Å². The number of nitrogens with zero attached hydrogens (tertiary/aromatic N) is 3. The van der Waals surface area contributed by atoms with Crippen LogP contribution in [0.15, 0.2) is 61.2 Å². The summed E-state index contributed by atoms with van der Waals surface area (Å²) in [4.78, 5) is 19.4. The highest BCUT2D eigenvalue weighted by molar-refractivity contribution is 6.06. The molecule has 2 aromatic carbocycles. The zero-order valence-electron chi connectivity index (χ0n) is 16.3. The lowest BCUT2D eigenvalue weighted by Crippen LogP contribution is -2.41. The van der Waals surface area contributed by atoms with Crippen LogP contribution >= 0.6 is 0 Å². The van der Waals surface area contributed by atoms with E-state index in [9.17, 15) is 4.79 Å². The van der Waals surface area contributed by atoms with Gasteiger partial charge in [-0.3, -0.25) is 4.79 Å². The molecule has 1 aliphatic heterocycles. The Labute approximate surface area is 166 Å². The number of nitrogens with one attached hydrogen (secondary N) is 1. The molecule has 5 heteroatoms. The van der Waals surface area contributed by atoms with E-state index in [2.05, 4.69) is 31.9 Å². The van der Waals surface area contributed by atoms with E-state index in [1.54, 1.807) is 0 Å². The van der Waals surface area contributed by atoms with Gasteiger partial charge in [0.2, 0.25) is 0 Å². The van der Waals surface area contributed by atoms with Gasteiger partial charge >= 0.3 is 0 Å². The molecule has 0 aliphatic carbocycles. The highest BCUT2D eigenvalue weighted by Gasteiger charge is 2.20. The predicted molar refractivity (Wildman–Crippen MR) is 112 cm³/mol. The maximum absolute atomic E-state index is 12.8. The predicted octanol–water partition coefficient (Wildman–Crippen LogP) is 3.57. The van der Waals surface area contributed by atoms with E-state index in [4.69, 9.17) is 0 Å². The van der Waals surface area contributed by atoms with Gasteiger partial charge < -0.3 is 14.8 Å². The first kappa shape index (κ1) is 18.7. The van der Waals surface area contributed by atoms with E-state index in [1.807, 2.05) is 49.1 Å². The second-order valence-electron chi connectivity index (χ2n) is 7.70. The number of rotatable bonds is 7. The van der Waals surface area contributed by atoms with Crippen LogP contribution < -0.4 is 5.32 Å². The molecule has 0 radical (unpaired) electrons. The smallest absolute Gasteiger partial charge is 0.251 e. The number of hydrogen-bond acceptors (Lipinski definition) is 3. The highest BCUT2D eigenvalue weighted by atomic mass is 16.1. The van der Waals surface area contributed by atoms with Crippen molar-refractivity contribution >= 4 is 16.7 Å². The fraction of sp³-hybridized carbons (Fsp3) is 0.391. The molecular weight excluding hydrogens is 348 g/mol. The molecule has 1 atom stereocenters. The van der Waals surface area contributed by atoms with E-state index in [1.165, 1.54) is 12.8 Å². The highest BCUT2D eigenvalue weighted by Crippen LogP contribution is 2.19. The number of likely N-dealkylation sites (tertiary alicyclic amines) is 1. The molecular formula is C23H28N4O. The first-order valence-electron chi connectivity index (χ1n) is 10.2. The summed E-state index contributed by atoms with van der Waals surface area (Å²) in [6.45, 7) is 5.10. The molecule has 28 heavy (non-hydrogen) atoms. The Hall–Kier alpha value is -2.66. The SMILES string of the molecule is O=C(NC[C@H]1CCCN(CCCn2ccnc2)C1)c1cccc2ccccc12. The van der Waals surface area contributed by atoms with Gasteiger partial charge in [0, 0.05) is 37.6 Å². The van der Waals surface area contributed by atoms with Gasteiger partial charge in [0.05, 0.1) is 6.33 Å². The van der Waals surface area contributed by atoms with Crippen molar-refractivity contribution in [3.63, 3.8) is 0 Å². The molecule has 146 valence electrons. The molecule has 1 aliphatic rings. The van der Waals surface area contributed by atoms with Crippen LogP contribution in [-0.4, -0.2) is 46.5 Å². The number of hydrogen-bond donors (Lipinski definition) is 1. The summed E-state index contributed by atoms with van der Waals surface area (Å²) in [5.74, 6) is 0.565. The maximum Gasteiger partial charge on any atom is 0.251 e. The lowest BCUT2D eigenvalue weighted by molar-refractivity contribution is 0.0933. The number of imidazole rings is 1. The number of benzene rings is 2. The molecule has 0 spiro atoms. The van der Waals surface area contributed by atoms with Crippen molar-refractivity contribution in [2.24, 2.45) is 5.92 Å². The first-order chi connectivity index (χ1) is 13.8. The summed E-state index contributed by atoms with van der Waals surface area (Å²) in [7, 11) is 0. The molecule has 2 heterocycles. The molecule has 0 bridgehead atoms. The van der Waals surface area contributed by atoms with Gasteiger partial charge in [-0.05, 0) is 55.1 Å². The molecule has 1 fully saturated rings. The van der Waals surface area contributed by atoms with Gasteiger partial charge in [-0.25, -0.2) is 4.98 Å². The van der Waals surface area contributed by atoms with Crippen molar-refractivity contribution in [2.45, 2.75) is 25.8 Å². The third-order valence-electron chi connectivity index (χ3n) is 5.64. The van der Waals surface area contributed by atoms with Crippen LogP contribution in [0.1, 0.15) is 29.6 Å². The monoisotopic (exact) mass is 376 g/mol. The fourth-order valence-electron chi connectivity index (χ4n) is 4.17. The quantitative estimate of drug-likeness (QED) is 0.686. The summed E-state index contributed by atoms with van der Waals surface area (Å²) in [6, 6.07) is 14.0. The molecule has 3 aromatic rings. The van der Waals surface area contributed by atoms with Crippen LogP contribution in [-0.2, 0) is 6.54 Å². The molecule has 1 saturated heterocycles. The van der Waals surface area contributed by atoms with Crippen LogP contribution in [0, 0.1) is 5.92 Å². The van der Waals surface area contributed by atoms with Crippen molar-refractivity contribution in [1.82, 2.24) is 19.8 Å².